The molecule has 0 radical (unpaired) electrons. The van der Waals surface area contributed by atoms with Crippen LogP contribution in [-0.2, 0) is 0 Å². The fraction of sp³-hybridized carbons (Fsp3) is 0.500. The highest BCUT2D eigenvalue weighted by molar-refractivity contribution is 5.89. The first kappa shape index (κ1) is 16.7. The van der Waals surface area contributed by atoms with E-state index in [9.17, 15) is 4.79 Å². The first-order chi connectivity index (χ1) is 12.4. The number of carbonyl (C=O) groups excluding carboxylic acids is 1. The Hall–Kier alpha value is -2.77. The summed E-state index contributed by atoms with van der Waals surface area (Å²) in [5.74, 6) is 1.92. The monoisotopic (exact) mass is 358 g/mol. The SMILES string of the molecule is Cc1noc([C@@H]2CCCN(C(=O)Nc3ccc4c(c3)OC(C)(C)O4)C2)n1. The molecule has 26 heavy (non-hydrogen) atoms. The molecule has 2 aromatic rings. The van der Waals surface area contributed by atoms with Gasteiger partial charge in [-0.3, -0.25) is 0 Å². The van der Waals surface area contributed by atoms with Crippen molar-refractivity contribution in [2.45, 2.75) is 45.3 Å². The number of aryl methyl sites for hydroxylation is 1. The van der Waals surface area contributed by atoms with E-state index in [4.69, 9.17) is 14.0 Å². The summed E-state index contributed by atoms with van der Waals surface area (Å²) < 4.78 is 16.7. The number of likely N-dealkylation sites (tertiary alicyclic amines) is 1. The maximum absolute atomic E-state index is 12.7. The molecule has 8 nitrogen and oxygen atoms in total. The fourth-order valence-electron chi connectivity index (χ4n) is 3.34. The number of nitrogens with zero attached hydrogens (tertiary/aromatic N) is 3. The topological polar surface area (TPSA) is 89.7 Å². The number of anilines is 1. The van der Waals surface area contributed by atoms with E-state index in [0.29, 0.717) is 42.0 Å². The summed E-state index contributed by atoms with van der Waals surface area (Å²) in [5, 5.41) is 6.77. The summed E-state index contributed by atoms with van der Waals surface area (Å²) in [6, 6.07) is 5.25. The highest BCUT2D eigenvalue weighted by Gasteiger charge is 2.32. The zero-order valence-electron chi connectivity index (χ0n) is 15.1. The Morgan fingerprint density at radius 1 is 1.31 bits per heavy atom. The molecule has 0 saturated carbocycles. The third kappa shape index (κ3) is 3.31. The molecule has 0 aliphatic carbocycles. The predicted molar refractivity (Wildman–Crippen MR) is 93.4 cm³/mol. The van der Waals surface area contributed by atoms with E-state index in [0.717, 1.165) is 12.8 Å². The highest BCUT2D eigenvalue weighted by atomic mass is 16.7. The van der Waals surface area contributed by atoms with Gasteiger partial charge >= 0.3 is 6.03 Å². The van der Waals surface area contributed by atoms with Gasteiger partial charge in [-0.1, -0.05) is 5.16 Å². The standard InChI is InChI=1S/C18H22N4O4/c1-11-19-16(26-21-11)12-5-4-8-22(10-12)17(23)20-13-6-7-14-15(9-13)25-18(2,3)24-14/h6-7,9,12H,4-5,8,10H2,1-3H3,(H,20,23)/t12-/m1/s1. The average molecular weight is 358 g/mol. The number of aromatic nitrogens is 2. The van der Waals surface area contributed by atoms with Crippen molar-refractivity contribution in [1.29, 1.82) is 0 Å². The van der Waals surface area contributed by atoms with Crippen LogP contribution in [0.3, 0.4) is 0 Å². The lowest BCUT2D eigenvalue weighted by Gasteiger charge is -2.31. The van der Waals surface area contributed by atoms with Crippen molar-refractivity contribution in [1.82, 2.24) is 15.0 Å². The van der Waals surface area contributed by atoms with Gasteiger partial charge in [-0.05, 0) is 31.9 Å². The zero-order valence-corrected chi connectivity index (χ0v) is 15.1. The van der Waals surface area contributed by atoms with E-state index in [1.807, 2.05) is 19.9 Å². The second-order valence-electron chi connectivity index (χ2n) is 7.16. The minimum absolute atomic E-state index is 0.0771. The Morgan fingerprint density at radius 3 is 2.88 bits per heavy atom. The van der Waals surface area contributed by atoms with Crippen molar-refractivity contribution in [3.8, 4) is 11.5 Å². The molecule has 2 amide bonds. The molecule has 138 valence electrons. The molecule has 0 spiro atoms. The normalized spacial score (nSPS) is 20.9. The highest BCUT2D eigenvalue weighted by Crippen LogP contribution is 2.40. The maximum Gasteiger partial charge on any atom is 0.321 e. The minimum Gasteiger partial charge on any atom is -0.449 e. The van der Waals surface area contributed by atoms with Crippen molar-refractivity contribution in [2.75, 3.05) is 18.4 Å². The second-order valence-corrected chi connectivity index (χ2v) is 7.16. The lowest BCUT2D eigenvalue weighted by atomic mass is 9.98. The zero-order chi connectivity index (χ0) is 18.3. The lowest BCUT2D eigenvalue weighted by Crippen LogP contribution is -2.41. The first-order valence-electron chi connectivity index (χ1n) is 8.78. The third-order valence-electron chi connectivity index (χ3n) is 4.51. The van der Waals surface area contributed by atoms with Crippen LogP contribution in [0.25, 0.3) is 0 Å². The van der Waals surface area contributed by atoms with Gasteiger partial charge < -0.3 is 24.2 Å². The molecule has 0 unspecified atom stereocenters. The molecule has 8 heteroatoms. The number of hydrogen-bond donors (Lipinski definition) is 1. The summed E-state index contributed by atoms with van der Waals surface area (Å²) in [7, 11) is 0. The lowest BCUT2D eigenvalue weighted by molar-refractivity contribution is -0.0431. The number of nitrogens with one attached hydrogen (secondary N) is 1. The molecular formula is C18H22N4O4. The molecule has 1 atom stereocenters. The first-order valence-corrected chi connectivity index (χ1v) is 8.78. The Balaban J connectivity index is 1.42. The van der Waals surface area contributed by atoms with Crippen LogP contribution in [0.5, 0.6) is 11.5 Å². The smallest absolute Gasteiger partial charge is 0.321 e. The van der Waals surface area contributed by atoms with Gasteiger partial charge in [-0.15, -0.1) is 0 Å². The van der Waals surface area contributed by atoms with Crippen LogP contribution in [0, 0.1) is 6.92 Å². The molecule has 1 aromatic heterocycles. The number of carbonyl (C=O) groups is 1. The van der Waals surface area contributed by atoms with E-state index in [2.05, 4.69) is 15.5 Å². The quantitative estimate of drug-likeness (QED) is 0.886. The summed E-state index contributed by atoms with van der Waals surface area (Å²) in [6.07, 6.45) is 1.83. The summed E-state index contributed by atoms with van der Waals surface area (Å²) >= 11 is 0. The molecule has 3 heterocycles. The van der Waals surface area contributed by atoms with Crippen LogP contribution >= 0.6 is 0 Å². The number of hydrogen-bond acceptors (Lipinski definition) is 6. The summed E-state index contributed by atoms with van der Waals surface area (Å²) in [5.41, 5.74) is 0.672. The Kier molecular flexibility index (Phi) is 3.97. The van der Waals surface area contributed by atoms with Gasteiger partial charge in [0.05, 0.1) is 5.92 Å². The van der Waals surface area contributed by atoms with E-state index in [1.54, 1.807) is 24.0 Å². The van der Waals surface area contributed by atoms with Crippen LogP contribution < -0.4 is 14.8 Å². The number of fused-ring (bicyclic) bond motifs is 1. The molecule has 1 aromatic carbocycles. The number of piperidine rings is 1. The van der Waals surface area contributed by atoms with Crippen LogP contribution in [0.1, 0.15) is 44.3 Å². The predicted octanol–water partition coefficient (Wildman–Crippen LogP) is 3.30. The molecule has 2 aliphatic rings. The number of ether oxygens (including phenoxy) is 2. The number of benzene rings is 1. The third-order valence-corrected chi connectivity index (χ3v) is 4.51. The van der Waals surface area contributed by atoms with Crippen LogP contribution in [0.15, 0.2) is 22.7 Å². The summed E-state index contributed by atoms with van der Waals surface area (Å²) in [6.45, 7) is 6.75. The molecule has 0 bridgehead atoms. The number of urea groups is 1. The van der Waals surface area contributed by atoms with Crippen LogP contribution in [0.2, 0.25) is 0 Å². The minimum atomic E-state index is -0.687. The maximum atomic E-state index is 12.7. The molecule has 1 fully saturated rings. The summed E-state index contributed by atoms with van der Waals surface area (Å²) in [4.78, 5) is 18.7. The van der Waals surface area contributed by atoms with Gasteiger partial charge in [0.2, 0.25) is 11.7 Å². The largest absolute Gasteiger partial charge is 0.449 e. The Bertz CT molecular complexity index is 832. The molecule has 1 saturated heterocycles. The van der Waals surface area contributed by atoms with E-state index in [-0.39, 0.29) is 11.9 Å². The molecular weight excluding hydrogens is 336 g/mol. The molecule has 4 rings (SSSR count). The van der Waals surface area contributed by atoms with Crippen LogP contribution in [-0.4, -0.2) is 39.9 Å². The van der Waals surface area contributed by atoms with E-state index < -0.39 is 5.79 Å². The van der Waals surface area contributed by atoms with Gasteiger partial charge in [0.15, 0.2) is 17.3 Å². The second kappa shape index (κ2) is 6.19. The van der Waals surface area contributed by atoms with Crippen molar-refractivity contribution in [3.05, 3.63) is 29.9 Å². The Morgan fingerprint density at radius 2 is 2.12 bits per heavy atom. The van der Waals surface area contributed by atoms with Gasteiger partial charge in [0.1, 0.15) is 0 Å². The van der Waals surface area contributed by atoms with Crippen molar-refractivity contribution < 1.29 is 18.8 Å². The average Bonchev–Trinajstić information content (AvgIpc) is 3.16. The van der Waals surface area contributed by atoms with E-state index >= 15 is 0 Å². The van der Waals surface area contributed by atoms with Gasteiger partial charge in [-0.2, -0.15) is 4.98 Å². The van der Waals surface area contributed by atoms with Crippen molar-refractivity contribution in [2.24, 2.45) is 0 Å². The van der Waals surface area contributed by atoms with E-state index in [1.165, 1.54) is 0 Å². The molecule has 2 aliphatic heterocycles. The number of amides is 2. The van der Waals surface area contributed by atoms with Gasteiger partial charge in [-0.25, -0.2) is 4.79 Å². The van der Waals surface area contributed by atoms with Gasteiger partial charge in [0, 0.05) is 38.7 Å². The fourth-order valence-corrected chi connectivity index (χ4v) is 3.34. The van der Waals surface area contributed by atoms with Crippen LogP contribution in [0.4, 0.5) is 10.5 Å². The van der Waals surface area contributed by atoms with Gasteiger partial charge in [0.25, 0.3) is 0 Å². The Labute approximate surface area is 151 Å². The van der Waals surface area contributed by atoms with Crippen molar-refractivity contribution >= 4 is 11.7 Å². The van der Waals surface area contributed by atoms with Crippen molar-refractivity contribution in [3.63, 3.8) is 0 Å². The number of rotatable bonds is 2. The molecule has 1 N–H and O–H groups in total.